The molecule has 194 valence electrons. The molecule has 0 radical (unpaired) electrons. The third kappa shape index (κ3) is 4.10. The Morgan fingerprint density at radius 2 is 1.82 bits per heavy atom. The molecule has 6 N–H and O–H groups in total. The molecule has 1 aliphatic heterocycles. The SMILES string of the molecule is C=C[C@@]1(C)CCC2C(=CCC3[C@]2(C)C[C@@H](O)[C@H](O)[C@]3(C)CO[C@@H]2OC(CO)[C@@H](O)C(O)C2O)C1. The normalized spacial score (nSPS) is 53.4. The number of fused-ring (bicyclic) bond motifs is 3. The van der Waals surface area contributed by atoms with Crippen molar-refractivity contribution in [3.63, 3.8) is 0 Å². The zero-order valence-electron chi connectivity index (χ0n) is 20.5. The van der Waals surface area contributed by atoms with E-state index in [0.29, 0.717) is 12.3 Å². The van der Waals surface area contributed by atoms with E-state index >= 15 is 0 Å². The van der Waals surface area contributed by atoms with Crippen LogP contribution in [0.5, 0.6) is 0 Å². The van der Waals surface area contributed by atoms with Gasteiger partial charge in [0.25, 0.3) is 0 Å². The van der Waals surface area contributed by atoms with Crippen LogP contribution in [0.25, 0.3) is 0 Å². The van der Waals surface area contributed by atoms with Crippen molar-refractivity contribution in [1.29, 1.82) is 0 Å². The lowest BCUT2D eigenvalue weighted by Gasteiger charge is -2.62. The van der Waals surface area contributed by atoms with Gasteiger partial charge in [-0.2, -0.15) is 0 Å². The van der Waals surface area contributed by atoms with Crippen molar-refractivity contribution in [2.75, 3.05) is 13.2 Å². The van der Waals surface area contributed by atoms with Gasteiger partial charge in [-0.3, -0.25) is 0 Å². The van der Waals surface area contributed by atoms with Crippen molar-refractivity contribution in [1.82, 2.24) is 0 Å². The maximum Gasteiger partial charge on any atom is 0.186 e. The van der Waals surface area contributed by atoms with Gasteiger partial charge < -0.3 is 40.1 Å². The van der Waals surface area contributed by atoms with E-state index in [-0.39, 0.29) is 23.4 Å². The monoisotopic (exact) mass is 482 g/mol. The molecular formula is C26H42O8. The molecule has 12 atom stereocenters. The first-order chi connectivity index (χ1) is 15.9. The maximum absolute atomic E-state index is 11.2. The highest BCUT2D eigenvalue weighted by molar-refractivity contribution is 5.26. The van der Waals surface area contributed by atoms with Gasteiger partial charge in [0.2, 0.25) is 0 Å². The molecule has 34 heavy (non-hydrogen) atoms. The van der Waals surface area contributed by atoms with E-state index < -0.39 is 54.9 Å². The number of aliphatic hydroxyl groups is 6. The third-order valence-corrected chi connectivity index (χ3v) is 9.65. The summed E-state index contributed by atoms with van der Waals surface area (Å²) in [5.41, 5.74) is 0.409. The molecule has 0 aromatic rings. The van der Waals surface area contributed by atoms with Crippen LogP contribution < -0.4 is 0 Å². The van der Waals surface area contributed by atoms with Crippen LogP contribution in [-0.4, -0.2) is 86.8 Å². The molecule has 8 nitrogen and oxygen atoms in total. The van der Waals surface area contributed by atoms with Crippen molar-refractivity contribution in [3.8, 4) is 0 Å². The van der Waals surface area contributed by atoms with E-state index in [4.69, 9.17) is 9.47 Å². The molecular weight excluding hydrogens is 440 g/mol. The van der Waals surface area contributed by atoms with E-state index in [1.807, 2.05) is 6.92 Å². The number of rotatable bonds is 5. The van der Waals surface area contributed by atoms with E-state index in [1.54, 1.807) is 0 Å². The summed E-state index contributed by atoms with van der Waals surface area (Å²) in [7, 11) is 0. The molecule has 0 aromatic heterocycles. The van der Waals surface area contributed by atoms with Crippen molar-refractivity contribution in [2.45, 2.75) is 95.8 Å². The molecule has 1 saturated heterocycles. The predicted molar refractivity (Wildman–Crippen MR) is 124 cm³/mol. The fourth-order valence-corrected chi connectivity index (χ4v) is 7.43. The Labute approximate surface area is 201 Å². The number of ether oxygens (including phenoxy) is 2. The largest absolute Gasteiger partial charge is 0.394 e. The van der Waals surface area contributed by atoms with Crippen LogP contribution in [0.1, 0.15) is 52.9 Å². The Morgan fingerprint density at radius 1 is 1.12 bits per heavy atom. The molecule has 2 saturated carbocycles. The Balaban J connectivity index is 1.58. The van der Waals surface area contributed by atoms with Crippen molar-refractivity contribution in [3.05, 3.63) is 24.3 Å². The van der Waals surface area contributed by atoms with Gasteiger partial charge in [0.05, 0.1) is 25.4 Å². The number of aliphatic hydroxyl groups excluding tert-OH is 6. The maximum atomic E-state index is 11.2. The van der Waals surface area contributed by atoms with Crippen molar-refractivity contribution >= 4 is 0 Å². The van der Waals surface area contributed by atoms with Crippen LogP contribution in [0.2, 0.25) is 0 Å². The minimum Gasteiger partial charge on any atom is -0.394 e. The smallest absolute Gasteiger partial charge is 0.186 e. The van der Waals surface area contributed by atoms with Crippen LogP contribution in [0, 0.1) is 28.1 Å². The first-order valence-electron chi connectivity index (χ1n) is 12.5. The molecule has 0 amide bonds. The molecule has 8 heteroatoms. The second-order valence-electron chi connectivity index (χ2n) is 11.9. The lowest BCUT2D eigenvalue weighted by atomic mass is 9.44. The number of allylic oxidation sites excluding steroid dienone is 3. The zero-order valence-corrected chi connectivity index (χ0v) is 20.5. The Hall–Kier alpha value is -0.840. The fraction of sp³-hybridized carbons (Fsp3) is 0.846. The van der Waals surface area contributed by atoms with Crippen LogP contribution in [0.3, 0.4) is 0 Å². The summed E-state index contributed by atoms with van der Waals surface area (Å²) in [4.78, 5) is 0. The molecule has 5 unspecified atom stereocenters. The highest BCUT2D eigenvalue weighted by atomic mass is 16.7. The average molecular weight is 483 g/mol. The first-order valence-corrected chi connectivity index (χ1v) is 12.5. The molecule has 3 aliphatic carbocycles. The zero-order chi connectivity index (χ0) is 25.1. The summed E-state index contributed by atoms with van der Waals surface area (Å²) < 4.78 is 11.4. The molecule has 0 aromatic carbocycles. The molecule has 3 fully saturated rings. The molecule has 4 aliphatic rings. The summed E-state index contributed by atoms with van der Waals surface area (Å²) in [5.74, 6) is 0.318. The second-order valence-corrected chi connectivity index (χ2v) is 11.9. The lowest BCUT2D eigenvalue weighted by molar-refractivity contribution is -0.315. The summed E-state index contributed by atoms with van der Waals surface area (Å²) in [6.45, 7) is 9.84. The van der Waals surface area contributed by atoms with Crippen molar-refractivity contribution in [2.24, 2.45) is 28.1 Å². The van der Waals surface area contributed by atoms with Crippen LogP contribution in [0.4, 0.5) is 0 Å². The molecule has 1 heterocycles. The fourth-order valence-electron chi connectivity index (χ4n) is 7.43. The van der Waals surface area contributed by atoms with E-state index in [9.17, 15) is 30.6 Å². The number of hydrogen-bond acceptors (Lipinski definition) is 8. The van der Waals surface area contributed by atoms with Gasteiger partial charge in [0.1, 0.15) is 24.4 Å². The third-order valence-electron chi connectivity index (χ3n) is 9.65. The van der Waals surface area contributed by atoms with Gasteiger partial charge in [0, 0.05) is 5.41 Å². The summed E-state index contributed by atoms with van der Waals surface area (Å²) in [6.07, 6.45) is -0.221. The Kier molecular flexibility index (Phi) is 7.12. The van der Waals surface area contributed by atoms with Crippen LogP contribution in [-0.2, 0) is 9.47 Å². The van der Waals surface area contributed by atoms with E-state index in [0.717, 1.165) is 25.7 Å². The highest BCUT2D eigenvalue weighted by Gasteiger charge is 2.61. The quantitative estimate of drug-likeness (QED) is 0.318. The van der Waals surface area contributed by atoms with Gasteiger partial charge in [-0.1, -0.05) is 38.5 Å². The van der Waals surface area contributed by atoms with Crippen LogP contribution >= 0.6 is 0 Å². The summed E-state index contributed by atoms with van der Waals surface area (Å²) >= 11 is 0. The van der Waals surface area contributed by atoms with Gasteiger partial charge >= 0.3 is 0 Å². The van der Waals surface area contributed by atoms with Gasteiger partial charge in [-0.25, -0.2) is 0 Å². The lowest BCUT2D eigenvalue weighted by Crippen LogP contribution is -2.64. The number of hydrogen-bond donors (Lipinski definition) is 6. The molecule has 0 spiro atoms. The topological polar surface area (TPSA) is 140 Å². The highest BCUT2D eigenvalue weighted by Crippen LogP contribution is 2.63. The van der Waals surface area contributed by atoms with Crippen molar-refractivity contribution < 1.29 is 40.1 Å². The standard InChI is InChI=1S/C26H42O8/c1-5-24(2)9-8-15-14(10-24)6-7-18-25(15,3)11-16(28)22(32)26(18,4)13-33-23-21(31)20(30)19(29)17(12-27)34-23/h5-6,15-23,27-32H,1,7-13H2,2-4H3/t15?,16-,17?,18?,19-,20?,21?,22+,23-,24+,25-,26-/m1/s1. The Bertz CT molecular complexity index is 800. The summed E-state index contributed by atoms with van der Waals surface area (Å²) in [6, 6.07) is 0. The minimum atomic E-state index is -1.53. The summed E-state index contributed by atoms with van der Waals surface area (Å²) in [5, 5.41) is 62.1. The second kappa shape index (κ2) is 9.23. The van der Waals surface area contributed by atoms with Gasteiger partial charge in [0.15, 0.2) is 6.29 Å². The minimum absolute atomic E-state index is 0.0186. The molecule has 0 bridgehead atoms. The van der Waals surface area contributed by atoms with E-state index in [2.05, 4.69) is 32.6 Å². The Morgan fingerprint density at radius 3 is 2.47 bits per heavy atom. The molecule has 4 rings (SSSR count). The van der Waals surface area contributed by atoms with Crippen LogP contribution in [0.15, 0.2) is 24.3 Å². The predicted octanol–water partition coefficient (Wildman–Crippen LogP) is 0.880. The van der Waals surface area contributed by atoms with E-state index in [1.165, 1.54) is 5.57 Å². The average Bonchev–Trinajstić information content (AvgIpc) is 2.80. The first kappa shape index (κ1) is 26.2. The van der Waals surface area contributed by atoms with Gasteiger partial charge in [-0.15, -0.1) is 6.58 Å². The van der Waals surface area contributed by atoms with Gasteiger partial charge in [-0.05, 0) is 54.8 Å².